The number of H-pyrrole nitrogens is 2. The molecule has 566 valence electrons. The van der Waals surface area contributed by atoms with E-state index in [1.54, 1.807) is 97.4 Å². The Bertz CT molecular complexity index is 6370. The molecule has 2 atom stereocenters. The number of hydrogen-bond donors (Lipinski definition) is 3. The van der Waals surface area contributed by atoms with Crippen LogP contribution in [0.5, 0.6) is 0 Å². The number of imidazole rings is 3. The van der Waals surface area contributed by atoms with E-state index in [4.69, 9.17) is 23.3 Å². The van der Waals surface area contributed by atoms with E-state index in [9.17, 15) is 22.8 Å². The van der Waals surface area contributed by atoms with Gasteiger partial charge in [-0.05, 0) is 139 Å². The lowest BCUT2D eigenvalue weighted by Gasteiger charge is -2.32. The molecule has 19 rings (SSSR count). The number of benzene rings is 4. The zero-order valence-electron chi connectivity index (χ0n) is 61.3. The molecule has 111 heavy (non-hydrogen) atoms. The summed E-state index contributed by atoms with van der Waals surface area (Å²) in [7, 11) is 1.17. The van der Waals surface area contributed by atoms with Gasteiger partial charge in [-0.2, -0.15) is 23.7 Å². The van der Waals surface area contributed by atoms with Gasteiger partial charge in [0.1, 0.15) is 29.0 Å². The highest BCUT2D eigenvalue weighted by Gasteiger charge is 2.52. The van der Waals surface area contributed by atoms with Crippen LogP contribution in [-0.2, 0) is 50.0 Å². The maximum atomic E-state index is 13.3. The van der Waals surface area contributed by atoms with Gasteiger partial charge >= 0.3 is 7.12 Å². The second-order valence-corrected chi connectivity index (χ2v) is 29.2. The Balaban J connectivity index is 0.000000119. The molecule has 3 aliphatic heterocycles. The van der Waals surface area contributed by atoms with Crippen LogP contribution in [-0.4, -0.2) is 147 Å². The van der Waals surface area contributed by atoms with Crippen LogP contribution in [0.1, 0.15) is 91.7 Å². The number of fused-ring (bicyclic) bond motifs is 6. The van der Waals surface area contributed by atoms with E-state index in [0.717, 1.165) is 134 Å². The van der Waals surface area contributed by atoms with E-state index in [-0.39, 0.29) is 59.8 Å². The van der Waals surface area contributed by atoms with Crippen molar-refractivity contribution in [1.29, 1.82) is 0 Å². The number of aromatic nitrogens is 21. The Morgan fingerprint density at radius 3 is 1.45 bits per heavy atom. The minimum Gasteiger partial charge on any atom is -0.399 e. The fourth-order valence-electron chi connectivity index (χ4n) is 13.3. The molecular weight excluding hydrogens is 1430 g/mol. The smallest absolute Gasteiger partial charge is 0.399 e. The summed E-state index contributed by atoms with van der Waals surface area (Å²) in [5.41, 5.74) is 15.3. The summed E-state index contributed by atoms with van der Waals surface area (Å²) in [6.45, 7) is 11.7. The van der Waals surface area contributed by atoms with Crippen molar-refractivity contribution in [3.05, 3.63) is 227 Å². The van der Waals surface area contributed by atoms with Crippen LogP contribution in [0.4, 0.5) is 0 Å². The molecule has 2 unspecified atom stereocenters. The zero-order valence-corrected chi connectivity index (χ0v) is 62.1. The predicted molar refractivity (Wildman–Crippen MR) is 421 cm³/mol. The van der Waals surface area contributed by atoms with Crippen LogP contribution in [0.2, 0.25) is 0 Å². The van der Waals surface area contributed by atoms with Crippen molar-refractivity contribution in [3.8, 4) is 44.8 Å². The van der Waals surface area contributed by atoms with E-state index in [1.807, 2.05) is 95.7 Å². The molecule has 33 heteroatoms. The highest BCUT2D eigenvalue weighted by molar-refractivity contribution is 7.85. The third-order valence-corrected chi connectivity index (χ3v) is 20.6. The minimum absolute atomic E-state index is 0. The number of hydrogen-bond acceptors (Lipinski definition) is 21. The molecule has 3 fully saturated rings. The Hall–Kier alpha value is -12.4. The molecule has 3 N–H and O–H groups in total. The third-order valence-electron chi connectivity index (χ3n) is 19.7. The maximum absolute atomic E-state index is 13.3. The van der Waals surface area contributed by atoms with E-state index >= 15 is 0 Å². The Kier molecular flexibility index (Phi) is 21.3. The van der Waals surface area contributed by atoms with E-state index in [0.29, 0.717) is 33.1 Å². The summed E-state index contributed by atoms with van der Waals surface area (Å²) >= 11 is 0. The highest BCUT2D eigenvalue weighted by Crippen LogP contribution is 2.38. The summed E-state index contributed by atoms with van der Waals surface area (Å²) in [5, 5.41) is 12.6. The Morgan fingerprint density at radius 2 is 0.964 bits per heavy atom. The second-order valence-electron chi connectivity index (χ2n) is 27.8. The summed E-state index contributed by atoms with van der Waals surface area (Å²) in [6, 6.07) is 23.7. The summed E-state index contributed by atoms with van der Waals surface area (Å²) in [5.74, 6) is 0. The first-order valence-electron chi connectivity index (χ1n) is 35.5. The molecule has 12 aromatic heterocycles. The maximum Gasteiger partial charge on any atom is 0.494 e. The number of aromatic amines is 2. The number of pyridine rings is 3. The van der Waals surface area contributed by atoms with E-state index in [2.05, 4.69) is 125 Å². The molecule has 0 aliphatic carbocycles. The molecule has 16 aromatic rings. The van der Waals surface area contributed by atoms with Crippen molar-refractivity contribution in [3.63, 3.8) is 0 Å². The summed E-state index contributed by atoms with van der Waals surface area (Å²) < 4.78 is 66.2. The zero-order chi connectivity index (χ0) is 76.6. The molecule has 0 spiro atoms. The minimum atomic E-state index is -4.02. The van der Waals surface area contributed by atoms with Gasteiger partial charge in [0, 0.05) is 142 Å². The lowest BCUT2D eigenvalue weighted by molar-refractivity contribution is -0.0296. The number of aryl methyl sites for hydroxylation is 4. The van der Waals surface area contributed by atoms with Gasteiger partial charge < -0.3 is 37.9 Å². The van der Waals surface area contributed by atoms with Crippen LogP contribution in [0.25, 0.3) is 111 Å². The topological polar surface area (TPSA) is 363 Å². The SMILES string of the molecule is C.CC1(C)OB(c2ccc3c(c2)ncn3C2CCCCO2)OC1(C)C.Cc1ccc(S(=O)(=O)O)cc1.Cn1cc(-c2c[nH]c(=O)c3nccnc23)cn1.Cn1cc(-c2cn(-c3ccc4c(c3)ncn4C3CCCCO3)c(=O)c3nccnc23)cn1.Cn1cc(-c2cn(-c3ccc4nc[nH]c4c3)c(=O)c3nccnc23)cn1. The molecule has 0 saturated carbocycles. The molecular formula is C78H80BN21O10S. The monoisotopic (exact) mass is 1510 g/mol. The van der Waals surface area contributed by atoms with Gasteiger partial charge in [0.15, 0.2) is 16.6 Å². The van der Waals surface area contributed by atoms with Gasteiger partial charge in [-0.25, -0.2) is 29.9 Å². The quantitative estimate of drug-likeness (QED) is 0.0892. The molecule has 0 amide bonds. The normalized spacial score (nSPS) is 16.0. The van der Waals surface area contributed by atoms with Crippen molar-refractivity contribution < 1.29 is 31.8 Å². The largest absolute Gasteiger partial charge is 0.494 e. The molecule has 4 aromatic carbocycles. The van der Waals surface area contributed by atoms with Crippen molar-refractivity contribution in [2.75, 3.05) is 13.2 Å². The number of nitrogens with one attached hydrogen (secondary N) is 2. The average Bonchev–Trinajstić information content (AvgIpc) is 1.68. The fraction of sp³-hybridized carbons (Fsp3) is 0.269. The van der Waals surface area contributed by atoms with E-state index in [1.165, 1.54) is 37.1 Å². The molecule has 0 radical (unpaired) electrons. The third kappa shape index (κ3) is 15.7. The summed E-state index contributed by atoms with van der Waals surface area (Å²) in [4.78, 5) is 82.6. The van der Waals surface area contributed by atoms with Crippen LogP contribution in [0, 0.1) is 6.92 Å². The number of nitrogens with zero attached hydrogens (tertiary/aromatic N) is 19. The van der Waals surface area contributed by atoms with Gasteiger partial charge in [0.2, 0.25) is 0 Å². The van der Waals surface area contributed by atoms with E-state index < -0.39 is 10.1 Å². The number of rotatable bonds is 9. The van der Waals surface area contributed by atoms with Crippen molar-refractivity contribution in [2.24, 2.45) is 21.1 Å². The summed E-state index contributed by atoms with van der Waals surface area (Å²) in [6.07, 6.45) is 37.5. The number of ether oxygens (including phenoxy) is 2. The van der Waals surface area contributed by atoms with Crippen LogP contribution < -0.4 is 22.1 Å². The van der Waals surface area contributed by atoms with Gasteiger partial charge in [0.25, 0.3) is 26.8 Å². The van der Waals surface area contributed by atoms with Crippen LogP contribution >= 0.6 is 0 Å². The Labute approximate surface area is 635 Å². The molecule has 31 nitrogen and oxygen atoms in total. The fourth-order valence-corrected chi connectivity index (χ4v) is 13.7. The van der Waals surface area contributed by atoms with Gasteiger partial charge in [0.05, 0.1) is 98.1 Å². The predicted octanol–water partition coefficient (Wildman–Crippen LogP) is 10.9. The van der Waals surface area contributed by atoms with Gasteiger partial charge in [-0.1, -0.05) is 31.2 Å². The molecule has 15 heterocycles. The Morgan fingerprint density at radius 1 is 0.505 bits per heavy atom. The van der Waals surface area contributed by atoms with Gasteiger partial charge in [-0.3, -0.25) is 57.1 Å². The van der Waals surface area contributed by atoms with Crippen LogP contribution in [0.3, 0.4) is 0 Å². The first-order chi connectivity index (χ1) is 53.0. The van der Waals surface area contributed by atoms with Crippen molar-refractivity contribution in [2.45, 2.75) is 109 Å². The standard InChI is InChI=1S/C23H21N7O2.C18H25BN2O3.C18H13N7O.C11H9N5O.C7H8O3S.CH4/c1-28-12-15(11-27-28)17-13-29(23(31)22-21(17)24-7-8-25-22)16-5-6-19-18(10-16)26-14-30(19)20-4-2-3-9-32-20;1-17(2)18(3,4)24-19(23-17)13-8-9-15-14(11-13)20-12-21(15)16-7-5-6-10-22-16;1-24-8-11(7-23-24)13-9-25(18(26)17-16(13)19-4-5-20-17)12-2-3-14-15(6-12)22-10-21-14;1-16-6-7(4-15-16)8-5-14-11(17)10-9(8)12-2-3-13-10;1-6-2-4-7(5-3-6)11(8,9)10;/h5-8,10-14,20H,2-4,9H2,1H3;8-9,11-12,16H,5-7,10H2,1-4H3;2-10H,1H3,(H,21,22);2-6H,1H3,(H,14,17);2-5H,1H3,(H,8,9,10);1H4. The first-order valence-corrected chi connectivity index (χ1v) is 37.0. The first kappa shape index (κ1) is 75.4. The molecule has 3 saturated heterocycles. The average molecular weight is 1510 g/mol. The lowest BCUT2D eigenvalue weighted by atomic mass is 9.79. The van der Waals surface area contributed by atoms with Crippen molar-refractivity contribution >= 4 is 88.9 Å². The second kappa shape index (κ2) is 31.3. The van der Waals surface area contributed by atoms with Crippen molar-refractivity contribution in [1.82, 2.24) is 102 Å². The van der Waals surface area contributed by atoms with Gasteiger partial charge in [-0.15, -0.1) is 0 Å². The molecule has 0 bridgehead atoms. The highest BCUT2D eigenvalue weighted by atomic mass is 32.2. The van der Waals surface area contributed by atoms with Crippen LogP contribution in [0.15, 0.2) is 210 Å². The lowest BCUT2D eigenvalue weighted by Crippen LogP contribution is -2.41. The molecule has 3 aliphatic rings.